The smallest absolute Gasteiger partial charge is 0.501 e. The highest BCUT2D eigenvalue weighted by Gasteiger charge is 2.47. The maximum absolute atomic E-state index is 12.9. The molecule has 0 aliphatic carbocycles. The number of carbonyl (C=O) groups is 1. The largest absolute Gasteiger partial charge is 0.518 e. The van der Waals surface area contributed by atoms with E-state index in [0.29, 0.717) is 17.1 Å². The molecule has 0 radical (unpaired) electrons. The minimum absolute atomic E-state index is 0.131. The van der Waals surface area contributed by atoms with Crippen molar-refractivity contribution in [3.8, 4) is 0 Å². The topological polar surface area (TPSA) is 54.0 Å². The van der Waals surface area contributed by atoms with Gasteiger partial charge in [-0.2, -0.15) is 0 Å². The van der Waals surface area contributed by atoms with Crippen LogP contribution in [-0.4, -0.2) is 44.4 Å². The molecule has 0 fully saturated rings. The van der Waals surface area contributed by atoms with Crippen molar-refractivity contribution in [3.63, 3.8) is 0 Å². The van der Waals surface area contributed by atoms with Crippen LogP contribution in [0.1, 0.15) is 60.8 Å². The third-order valence-electron chi connectivity index (χ3n) is 5.31. The molecule has 0 rings (SSSR count). The Balaban J connectivity index is 5.24. The number of carbonyl (C=O) groups excluding carboxylic acids is 1. The molecular weight excluding hydrogens is 352 g/mol. The first-order valence-electron chi connectivity index (χ1n) is 9.52. The molecule has 25 heavy (non-hydrogen) atoms. The summed E-state index contributed by atoms with van der Waals surface area (Å²) in [7, 11) is -0.247. The first-order chi connectivity index (χ1) is 11.6. The lowest BCUT2D eigenvalue weighted by Gasteiger charge is -2.39. The summed E-state index contributed by atoms with van der Waals surface area (Å²) in [5, 5.41) is 0. The van der Waals surface area contributed by atoms with Gasteiger partial charge in [0.05, 0.1) is 5.92 Å². The van der Waals surface area contributed by atoms with Crippen LogP contribution in [0, 0.1) is 5.92 Å². The third kappa shape index (κ3) is 6.79. The zero-order valence-corrected chi connectivity index (χ0v) is 19.8. The van der Waals surface area contributed by atoms with E-state index in [9.17, 15) is 4.79 Å². The van der Waals surface area contributed by atoms with Crippen molar-refractivity contribution in [1.29, 1.82) is 0 Å². The van der Waals surface area contributed by atoms with Gasteiger partial charge in [0.25, 0.3) is 14.3 Å². The third-order valence-corrected chi connectivity index (χ3v) is 13.9. The van der Waals surface area contributed by atoms with Crippen LogP contribution in [0.2, 0.25) is 23.2 Å². The minimum atomic E-state index is -2.79. The molecule has 0 saturated heterocycles. The van der Waals surface area contributed by atoms with Crippen LogP contribution in [0.25, 0.3) is 0 Å². The molecule has 150 valence electrons. The van der Waals surface area contributed by atoms with Crippen molar-refractivity contribution in [1.82, 2.24) is 0 Å². The first-order valence-corrected chi connectivity index (χ1v) is 13.7. The van der Waals surface area contributed by atoms with Gasteiger partial charge in [-0.05, 0) is 17.1 Å². The normalized spacial score (nSPS) is 14.2. The molecule has 0 saturated carbocycles. The van der Waals surface area contributed by atoms with Gasteiger partial charge in [-0.1, -0.05) is 60.8 Å². The van der Waals surface area contributed by atoms with Gasteiger partial charge >= 0.3 is 8.80 Å². The molecule has 1 unspecified atom stereocenters. The Hall–Kier alpha value is -0.216. The summed E-state index contributed by atoms with van der Waals surface area (Å²) < 4.78 is 22.7. The zero-order valence-electron chi connectivity index (χ0n) is 17.8. The summed E-state index contributed by atoms with van der Waals surface area (Å²) in [4.78, 5) is 12.9. The number of hydrogen-bond donors (Lipinski definition) is 0. The molecule has 0 aromatic rings. The van der Waals surface area contributed by atoms with E-state index in [1.165, 1.54) is 12.8 Å². The van der Waals surface area contributed by atoms with Crippen molar-refractivity contribution < 1.29 is 22.5 Å². The van der Waals surface area contributed by atoms with Crippen LogP contribution in [0.15, 0.2) is 0 Å². The molecular formula is C18H40O5Si2. The van der Waals surface area contributed by atoms with Gasteiger partial charge in [-0.25, -0.2) is 0 Å². The summed E-state index contributed by atoms with van der Waals surface area (Å²) >= 11 is 0. The second-order valence-electron chi connectivity index (χ2n) is 7.54. The Bertz CT molecular complexity index is 367. The van der Waals surface area contributed by atoms with Crippen LogP contribution in [-0.2, 0) is 22.5 Å². The zero-order chi connectivity index (χ0) is 19.7. The van der Waals surface area contributed by atoms with Crippen molar-refractivity contribution in [3.05, 3.63) is 0 Å². The summed E-state index contributed by atoms with van der Waals surface area (Å²) in [5.74, 6) is -0.435. The minimum Gasteiger partial charge on any atom is -0.518 e. The first kappa shape index (κ1) is 24.8. The molecule has 0 aliphatic heterocycles. The van der Waals surface area contributed by atoms with E-state index in [2.05, 4.69) is 34.6 Å². The van der Waals surface area contributed by atoms with Crippen LogP contribution in [0.4, 0.5) is 0 Å². The van der Waals surface area contributed by atoms with Gasteiger partial charge in [0.15, 0.2) is 0 Å². The lowest BCUT2D eigenvalue weighted by molar-refractivity contribution is -0.139. The Morgan fingerprint density at radius 1 is 0.880 bits per heavy atom. The lowest BCUT2D eigenvalue weighted by Crippen LogP contribution is -2.49. The summed E-state index contributed by atoms with van der Waals surface area (Å²) in [6.07, 6.45) is 3.50. The molecule has 0 aromatic carbocycles. The molecule has 0 bridgehead atoms. The van der Waals surface area contributed by atoms with E-state index in [0.717, 1.165) is 12.5 Å². The molecule has 1 atom stereocenters. The Morgan fingerprint density at radius 2 is 1.36 bits per heavy atom. The van der Waals surface area contributed by atoms with Gasteiger partial charge in [0, 0.05) is 27.4 Å². The maximum Gasteiger partial charge on any atom is 0.501 e. The van der Waals surface area contributed by atoms with Gasteiger partial charge in [0.2, 0.25) is 0 Å². The fourth-order valence-corrected chi connectivity index (χ4v) is 9.78. The second-order valence-corrected chi connectivity index (χ2v) is 15.5. The van der Waals surface area contributed by atoms with E-state index in [4.69, 9.17) is 17.7 Å². The van der Waals surface area contributed by atoms with Crippen LogP contribution in [0.3, 0.4) is 0 Å². The van der Waals surface area contributed by atoms with E-state index >= 15 is 0 Å². The fraction of sp³-hybridized carbons (Fsp3) is 0.944. The number of hydrogen-bond acceptors (Lipinski definition) is 5. The van der Waals surface area contributed by atoms with Crippen molar-refractivity contribution in [2.24, 2.45) is 5.92 Å². The molecule has 5 nitrogen and oxygen atoms in total. The molecule has 0 heterocycles. The summed E-state index contributed by atoms with van der Waals surface area (Å²) in [5.41, 5.74) is 0.796. The van der Waals surface area contributed by atoms with E-state index < -0.39 is 17.1 Å². The highest BCUT2D eigenvalue weighted by Crippen LogP contribution is 2.39. The van der Waals surface area contributed by atoms with Gasteiger partial charge in [-0.15, -0.1) is 0 Å². The van der Waals surface area contributed by atoms with E-state index in [1.54, 1.807) is 21.3 Å². The second kappa shape index (κ2) is 11.5. The SMILES string of the molecule is CCCCC[Si](OC(=O)C(C)C[Si](OC)(OC)OC)(C(C)C)C(C)C. The highest BCUT2D eigenvalue weighted by molar-refractivity contribution is 6.77. The van der Waals surface area contributed by atoms with Crippen molar-refractivity contribution in [2.75, 3.05) is 21.3 Å². The van der Waals surface area contributed by atoms with Gasteiger partial charge in [-0.3, -0.25) is 4.79 Å². The highest BCUT2D eigenvalue weighted by atomic mass is 28.4. The average Bonchev–Trinajstić information content (AvgIpc) is 2.58. The molecule has 0 aliphatic rings. The van der Waals surface area contributed by atoms with Gasteiger partial charge in [0.1, 0.15) is 0 Å². The van der Waals surface area contributed by atoms with Crippen LogP contribution >= 0.6 is 0 Å². The fourth-order valence-electron chi connectivity index (χ4n) is 3.43. The Morgan fingerprint density at radius 3 is 1.72 bits per heavy atom. The van der Waals surface area contributed by atoms with Gasteiger partial charge < -0.3 is 17.7 Å². The predicted molar refractivity (Wildman–Crippen MR) is 107 cm³/mol. The standard InChI is InChI=1S/C18H40O5Si2/c1-10-11-12-13-24(15(2)3,16(4)5)23-18(19)17(6)14-25(20-7,21-8)22-9/h15-17H,10-14H2,1-9H3. The van der Waals surface area contributed by atoms with E-state index in [-0.39, 0.29) is 11.9 Å². The van der Waals surface area contributed by atoms with Crippen molar-refractivity contribution in [2.45, 2.75) is 84.0 Å². The quantitative estimate of drug-likeness (QED) is 0.326. The lowest BCUT2D eigenvalue weighted by atomic mass is 10.2. The number of rotatable bonds is 13. The molecule has 0 amide bonds. The predicted octanol–water partition coefficient (Wildman–Crippen LogP) is 5.00. The van der Waals surface area contributed by atoms with E-state index in [1.807, 2.05) is 6.92 Å². The monoisotopic (exact) mass is 392 g/mol. The maximum atomic E-state index is 12.9. The molecule has 0 spiro atoms. The molecule has 0 N–H and O–H groups in total. The summed E-state index contributed by atoms with van der Waals surface area (Å²) in [6, 6.07) is 1.47. The Labute approximate surface area is 157 Å². The number of unbranched alkanes of at least 4 members (excludes halogenated alkanes) is 2. The molecule has 0 aromatic heterocycles. The average molecular weight is 393 g/mol. The Kier molecular flexibility index (Phi) is 11.4. The molecule has 7 heteroatoms. The van der Waals surface area contributed by atoms with Crippen LogP contribution < -0.4 is 0 Å². The van der Waals surface area contributed by atoms with Crippen molar-refractivity contribution >= 4 is 23.1 Å². The van der Waals surface area contributed by atoms with Crippen LogP contribution in [0.5, 0.6) is 0 Å². The summed E-state index contributed by atoms with van der Waals surface area (Å²) in [6.45, 7) is 12.9.